The SMILES string of the molecule is CCOc1c(CCN2CCNCC2)cc(C)cc1C(C)(C)C. The van der Waals surface area contributed by atoms with Gasteiger partial charge in [-0.3, -0.25) is 0 Å². The first-order valence-electron chi connectivity index (χ1n) is 8.61. The van der Waals surface area contributed by atoms with E-state index in [1.54, 1.807) is 0 Å². The highest BCUT2D eigenvalue weighted by molar-refractivity contribution is 5.48. The Bertz CT molecular complexity index is 485. The molecule has 0 saturated carbocycles. The van der Waals surface area contributed by atoms with E-state index < -0.39 is 0 Å². The number of aryl methyl sites for hydroxylation is 1. The van der Waals surface area contributed by atoms with Crippen molar-refractivity contribution in [3.63, 3.8) is 0 Å². The topological polar surface area (TPSA) is 24.5 Å². The number of hydrogen-bond donors (Lipinski definition) is 1. The van der Waals surface area contributed by atoms with Crippen molar-refractivity contribution < 1.29 is 4.74 Å². The Balaban J connectivity index is 2.22. The van der Waals surface area contributed by atoms with Crippen LogP contribution in [0.5, 0.6) is 5.75 Å². The normalized spacial score (nSPS) is 16.8. The van der Waals surface area contributed by atoms with Crippen LogP contribution < -0.4 is 10.1 Å². The standard InChI is InChI=1S/C19H32N2O/c1-6-22-18-16(7-10-21-11-8-20-9-12-21)13-15(2)14-17(18)19(3,4)5/h13-14,20H,6-12H2,1-5H3. The van der Waals surface area contributed by atoms with E-state index in [9.17, 15) is 0 Å². The van der Waals surface area contributed by atoms with E-state index in [2.05, 4.69) is 57.0 Å². The first-order chi connectivity index (χ1) is 10.4. The molecule has 1 aliphatic rings. The van der Waals surface area contributed by atoms with Gasteiger partial charge in [0.1, 0.15) is 5.75 Å². The van der Waals surface area contributed by atoms with Crippen LogP contribution in [0.2, 0.25) is 0 Å². The van der Waals surface area contributed by atoms with Crippen molar-refractivity contribution in [2.24, 2.45) is 0 Å². The molecule has 1 saturated heterocycles. The van der Waals surface area contributed by atoms with Crippen molar-refractivity contribution in [2.75, 3.05) is 39.3 Å². The molecule has 1 aliphatic heterocycles. The number of piperazine rings is 1. The Morgan fingerprint density at radius 3 is 2.45 bits per heavy atom. The summed E-state index contributed by atoms with van der Waals surface area (Å²) in [6.07, 6.45) is 1.07. The minimum absolute atomic E-state index is 0.111. The highest BCUT2D eigenvalue weighted by Gasteiger charge is 2.22. The molecular weight excluding hydrogens is 272 g/mol. The molecule has 0 unspecified atom stereocenters. The highest BCUT2D eigenvalue weighted by Crippen LogP contribution is 2.35. The summed E-state index contributed by atoms with van der Waals surface area (Å²) in [5, 5.41) is 3.42. The van der Waals surface area contributed by atoms with E-state index in [-0.39, 0.29) is 5.41 Å². The molecular formula is C19H32N2O. The second-order valence-electron chi connectivity index (χ2n) is 7.33. The molecule has 0 atom stereocenters. The van der Waals surface area contributed by atoms with Gasteiger partial charge in [-0.25, -0.2) is 0 Å². The molecule has 3 nitrogen and oxygen atoms in total. The fourth-order valence-electron chi connectivity index (χ4n) is 3.12. The van der Waals surface area contributed by atoms with E-state index in [0.29, 0.717) is 0 Å². The van der Waals surface area contributed by atoms with Gasteiger partial charge in [0.2, 0.25) is 0 Å². The molecule has 0 bridgehead atoms. The minimum atomic E-state index is 0.111. The Morgan fingerprint density at radius 1 is 1.18 bits per heavy atom. The van der Waals surface area contributed by atoms with Crippen LogP contribution >= 0.6 is 0 Å². The predicted molar refractivity (Wildman–Crippen MR) is 94.1 cm³/mol. The van der Waals surface area contributed by atoms with E-state index in [4.69, 9.17) is 4.74 Å². The zero-order valence-electron chi connectivity index (χ0n) is 15.0. The first-order valence-corrected chi connectivity index (χ1v) is 8.61. The number of benzene rings is 1. The van der Waals surface area contributed by atoms with Crippen LogP contribution in [0, 0.1) is 6.92 Å². The number of nitrogens with one attached hydrogen (secondary N) is 1. The summed E-state index contributed by atoms with van der Waals surface area (Å²) in [7, 11) is 0. The molecule has 1 heterocycles. The van der Waals surface area contributed by atoms with Crippen molar-refractivity contribution >= 4 is 0 Å². The molecule has 3 heteroatoms. The van der Waals surface area contributed by atoms with Gasteiger partial charge in [-0.05, 0) is 31.2 Å². The average molecular weight is 304 g/mol. The maximum atomic E-state index is 6.06. The van der Waals surface area contributed by atoms with E-state index in [0.717, 1.165) is 51.5 Å². The largest absolute Gasteiger partial charge is 0.493 e. The summed E-state index contributed by atoms with van der Waals surface area (Å²) in [5.74, 6) is 1.12. The molecule has 22 heavy (non-hydrogen) atoms. The van der Waals surface area contributed by atoms with Gasteiger partial charge in [-0.1, -0.05) is 38.5 Å². The van der Waals surface area contributed by atoms with Crippen molar-refractivity contribution in [3.05, 3.63) is 28.8 Å². The molecule has 0 spiro atoms. The van der Waals surface area contributed by atoms with E-state index >= 15 is 0 Å². The lowest BCUT2D eigenvalue weighted by atomic mass is 9.83. The zero-order chi connectivity index (χ0) is 16.2. The summed E-state index contributed by atoms with van der Waals surface area (Å²) in [4.78, 5) is 2.55. The Kier molecular flexibility index (Phi) is 5.87. The smallest absolute Gasteiger partial charge is 0.126 e. The van der Waals surface area contributed by atoms with Crippen LogP contribution in [-0.4, -0.2) is 44.2 Å². The summed E-state index contributed by atoms with van der Waals surface area (Å²) < 4.78 is 6.06. The number of nitrogens with zero attached hydrogens (tertiary/aromatic N) is 1. The van der Waals surface area contributed by atoms with Crippen LogP contribution in [0.1, 0.15) is 44.4 Å². The van der Waals surface area contributed by atoms with Crippen molar-refractivity contribution in [1.82, 2.24) is 10.2 Å². The fourth-order valence-corrected chi connectivity index (χ4v) is 3.12. The minimum Gasteiger partial charge on any atom is -0.493 e. The molecule has 124 valence electrons. The van der Waals surface area contributed by atoms with Crippen LogP contribution in [0.15, 0.2) is 12.1 Å². The maximum Gasteiger partial charge on any atom is 0.126 e. The quantitative estimate of drug-likeness (QED) is 0.904. The molecule has 0 amide bonds. The third-order valence-corrected chi connectivity index (χ3v) is 4.31. The summed E-state index contributed by atoms with van der Waals surface area (Å²) in [6.45, 7) is 17.5. The third kappa shape index (κ3) is 4.47. The van der Waals surface area contributed by atoms with Crippen LogP contribution in [0.4, 0.5) is 0 Å². The fraction of sp³-hybridized carbons (Fsp3) is 0.684. The van der Waals surface area contributed by atoms with Crippen molar-refractivity contribution in [2.45, 2.75) is 46.5 Å². The first kappa shape index (κ1) is 17.3. The van der Waals surface area contributed by atoms with Crippen molar-refractivity contribution in [1.29, 1.82) is 0 Å². The van der Waals surface area contributed by atoms with E-state index in [1.807, 2.05) is 0 Å². The van der Waals surface area contributed by atoms with Gasteiger partial charge < -0.3 is 15.0 Å². The lowest BCUT2D eigenvalue weighted by Crippen LogP contribution is -2.44. The van der Waals surface area contributed by atoms with Gasteiger partial charge >= 0.3 is 0 Å². The molecule has 0 aromatic heterocycles. The van der Waals surface area contributed by atoms with Crippen LogP contribution in [0.3, 0.4) is 0 Å². The molecule has 2 rings (SSSR count). The Morgan fingerprint density at radius 2 is 1.86 bits per heavy atom. The number of hydrogen-bond acceptors (Lipinski definition) is 3. The predicted octanol–water partition coefficient (Wildman–Crippen LogP) is 3.14. The van der Waals surface area contributed by atoms with Gasteiger partial charge in [-0.2, -0.15) is 0 Å². The maximum absolute atomic E-state index is 6.06. The highest BCUT2D eigenvalue weighted by atomic mass is 16.5. The summed E-state index contributed by atoms with van der Waals surface area (Å²) in [5.41, 5.74) is 4.15. The summed E-state index contributed by atoms with van der Waals surface area (Å²) in [6, 6.07) is 4.60. The molecule has 1 aromatic rings. The lowest BCUT2D eigenvalue weighted by Gasteiger charge is -2.29. The molecule has 1 N–H and O–H groups in total. The molecule has 1 fully saturated rings. The Hall–Kier alpha value is -1.06. The second-order valence-corrected chi connectivity index (χ2v) is 7.33. The second kappa shape index (κ2) is 7.47. The monoisotopic (exact) mass is 304 g/mol. The number of ether oxygens (including phenoxy) is 1. The molecule has 1 aromatic carbocycles. The average Bonchev–Trinajstić information content (AvgIpc) is 2.47. The van der Waals surface area contributed by atoms with Gasteiger partial charge in [0.25, 0.3) is 0 Å². The van der Waals surface area contributed by atoms with Gasteiger partial charge in [0, 0.05) is 38.3 Å². The van der Waals surface area contributed by atoms with E-state index in [1.165, 1.54) is 16.7 Å². The van der Waals surface area contributed by atoms with Crippen molar-refractivity contribution in [3.8, 4) is 5.75 Å². The number of rotatable bonds is 5. The molecule has 0 radical (unpaired) electrons. The molecule has 0 aliphatic carbocycles. The van der Waals surface area contributed by atoms with Gasteiger partial charge in [-0.15, -0.1) is 0 Å². The van der Waals surface area contributed by atoms with Crippen LogP contribution in [-0.2, 0) is 11.8 Å². The third-order valence-electron chi connectivity index (χ3n) is 4.31. The van der Waals surface area contributed by atoms with Gasteiger partial charge in [0.05, 0.1) is 6.61 Å². The van der Waals surface area contributed by atoms with Crippen LogP contribution in [0.25, 0.3) is 0 Å². The van der Waals surface area contributed by atoms with Gasteiger partial charge in [0.15, 0.2) is 0 Å². The lowest BCUT2D eigenvalue weighted by molar-refractivity contribution is 0.242. The Labute approximate surface area is 136 Å². The summed E-state index contributed by atoms with van der Waals surface area (Å²) >= 11 is 0. The zero-order valence-corrected chi connectivity index (χ0v) is 15.0.